The maximum atomic E-state index is 8.84. The Balaban J connectivity index is 2.04. The number of rotatable bonds is 1. The van der Waals surface area contributed by atoms with E-state index < -0.39 is 0 Å². The Morgan fingerprint density at radius 2 is 1.88 bits per heavy atom. The molecule has 1 fully saturated rings. The Morgan fingerprint density at radius 1 is 1.12 bits per heavy atom. The molecule has 1 aliphatic rings. The molecule has 0 N–H and O–H groups in total. The number of hydrogen-bond acceptors (Lipinski definition) is 1. The summed E-state index contributed by atoms with van der Waals surface area (Å²) >= 11 is 0. The van der Waals surface area contributed by atoms with Gasteiger partial charge in [-0.05, 0) is 29.7 Å². The van der Waals surface area contributed by atoms with Crippen LogP contribution in [0, 0.1) is 24.2 Å². The van der Waals surface area contributed by atoms with E-state index >= 15 is 0 Å². The molecule has 3 rings (SSSR count). The van der Waals surface area contributed by atoms with E-state index in [4.69, 9.17) is 5.26 Å². The Kier molecular flexibility index (Phi) is 1.97. The van der Waals surface area contributed by atoms with E-state index in [2.05, 4.69) is 49.4 Å². The van der Waals surface area contributed by atoms with Crippen LogP contribution in [0.3, 0.4) is 0 Å². The van der Waals surface area contributed by atoms with Gasteiger partial charge in [0.25, 0.3) is 0 Å². The van der Waals surface area contributed by atoms with Crippen LogP contribution in [0.15, 0.2) is 36.4 Å². The summed E-state index contributed by atoms with van der Waals surface area (Å²) in [6.07, 6.45) is 1.04. The first kappa shape index (κ1) is 9.42. The maximum Gasteiger partial charge on any atom is 0.0662 e. The topological polar surface area (TPSA) is 23.8 Å². The van der Waals surface area contributed by atoms with Gasteiger partial charge in [-0.3, -0.25) is 0 Å². The molecule has 0 aromatic heterocycles. The molecule has 1 heteroatoms. The lowest BCUT2D eigenvalue weighted by Crippen LogP contribution is -1.83. The molecule has 2 aromatic carbocycles. The largest absolute Gasteiger partial charge is 0.198 e. The predicted molar refractivity (Wildman–Crippen MR) is 65.1 cm³/mol. The minimum absolute atomic E-state index is 0.253. The van der Waals surface area contributed by atoms with Crippen molar-refractivity contribution in [1.82, 2.24) is 0 Å². The smallest absolute Gasteiger partial charge is 0.0662 e. The summed E-state index contributed by atoms with van der Waals surface area (Å²) in [6.45, 7) is 2.11. The first-order valence-electron chi connectivity index (χ1n) is 5.68. The van der Waals surface area contributed by atoms with Crippen LogP contribution in [0.25, 0.3) is 10.8 Å². The first-order chi connectivity index (χ1) is 7.78. The third kappa shape index (κ3) is 1.47. The molecule has 2 unspecified atom stereocenters. The summed E-state index contributed by atoms with van der Waals surface area (Å²) in [7, 11) is 0. The molecule has 0 spiro atoms. The standard InChI is InChI=1S/C15H13N/c1-10-2-3-12-7-13(5-4-11(12)6-10)15-8-14(15)9-16/h2-7,14-15H,8H2,1H3. The van der Waals surface area contributed by atoms with Crippen LogP contribution in [-0.4, -0.2) is 0 Å². The van der Waals surface area contributed by atoms with Gasteiger partial charge in [0.2, 0.25) is 0 Å². The molecule has 1 nitrogen and oxygen atoms in total. The third-order valence-electron chi connectivity index (χ3n) is 3.40. The highest BCUT2D eigenvalue weighted by atomic mass is 14.4. The van der Waals surface area contributed by atoms with Crippen molar-refractivity contribution in [2.75, 3.05) is 0 Å². The van der Waals surface area contributed by atoms with Crippen LogP contribution >= 0.6 is 0 Å². The van der Waals surface area contributed by atoms with Crippen LogP contribution in [0.4, 0.5) is 0 Å². The molecule has 1 saturated carbocycles. The predicted octanol–water partition coefficient (Wildman–Crippen LogP) is 3.78. The van der Waals surface area contributed by atoms with Gasteiger partial charge < -0.3 is 0 Å². The fourth-order valence-electron chi connectivity index (χ4n) is 2.32. The van der Waals surface area contributed by atoms with Gasteiger partial charge in [-0.1, -0.05) is 42.0 Å². The third-order valence-corrected chi connectivity index (χ3v) is 3.40. The molecule has 1 aliphatic carbocycles. The Bertz CT molecular complexity index is 592. The lowest BCUT2D eigenvalue weighted by Gasteiger charge is -2.03. The number of benzene rings is 2. The molecule has 16 heavy (non-hydrogen) atoms. The summed E-state index contributed by atoms with van der Waals surface area (Å²) in [5.41, 5.74) is 2.62. The zero-order chi connectivity index (χ0) is 11.1. The summed E-state index contributed by atoms with van der Waals surface area (Å²) < 4.78 is 0. The second-order valence-corrected chi connectivity index (χ2v) is 4.69. The summed E-state index contributed by atoms with van der Waals surface area (Å²) in [4.78, 5) is 0. The SMILES string of the molecule is Cc1ccc2cc(C3CC3C#N)ccc2c1. The fourth-order valence-corrected chi connectivity index (χ4v) is 2.32. The van der Waals surface area contributed by atoms with Crippen molar-refractivity contribution in [3.05, 3.63) is 47.5 Å². The first-order valence-corrected chi connectivity index (χ1v) is 5.68. The Labute approximate surface area is 95.3 Å². The average Bonchev–Trinajstić information content (AvgIpc) is 3.07. The van der Waals surface area contributed by atoms with Gasteiger partial charge in [-0.25, -0.2) is 0 Å². The van der Waals surface area contributed by atoms with E-state index in [0.29, 0.717) is 5.92 Å². The van der Waals surface area contributed by atoms with E-state index in [1.165, 1.54) is 21.9 Å². The molecular formula is C15H13N. The molecule has 0 saturated heterocycles. The van der Waals surface area contributed by atoms with Gasteiger partial charge >= 0.3 is 0 Å². The second kappa shape index (κ2) is 3.35. The van der Waals surface area contributed by atoms with Gasteiger partial charge in [-0.15, -0.1) is 0 Å². The van der Waals surface area contributed by atoms with Gasteiger partial charge in [0.15, 0.2) is 0 Å². The van der Waals surface area contributed by atoms with Crippen LogP contribution in [0.5, 0.6) is 0 Å². The van der Waals surface area contributed by atoms with Crippen molar-refractivity contribution in [3.8, 4) is 6.07 Å². The lowest BCUT2D eigenvalue weighted by molar-refractivity contribution is 1.02. The summed E-state index contributed by atoms with van der Waals surface area (Å²) in [6, 6.07) is 15.4. The molecule has 78 valence electrons. The lowest BCUT2D eigenvalue weighted by atomic mass is 10.0. The molecule has 0 amide bonds. The van der Waals surface area contributed by atoms with Crippen molar-refractivity contribution in [2.24, 2.45) is 5.92 Å². The van der Waals surface area contributed by atoms with Gasteiger partial charge in [0.1, 0.15) is 0 Å². The number of hydrogen-bond donors (Lipinski definition) is 0. The van der Waals surface area contributed by atoms with Gasteiger partial charge in [-0.2, -0.15) is 5.26 Å². The van der Waals surface area contributed by atoms with Gasteiger partial charge in [0, 0.05) is 5.92 Å². The molecule has 2 atom stereocenters. The maximum absolute atomic E-state index is 8.84. The minimum atomic E-state index is 0.253. The van der Waals surface area contributed by atoms with E-state index in [9.17, 15) is 0 Å². The molecule has 2 aromatic rings. The van der Waals surface area contributed by atoms with Crippen molar-refractivity contribution in [1.29, 1.82) is 5.26 Å². The normalized spacial score (nSPS) is 23.0. The zero-order valence-electron chi connectivity index (χ0n) is 9.27. The summed E-state index contributed by atoms with van der Waals surface area (Å²) in [5.74, 6) is 0.735. The highest BCUT2D eigenvalue weighted by Gasteiger charge is 2.38. The molecular weight excluding hydrogens is 194 g/mol. The van der Waals surface area contributed by atoms with Crippen molar-refractivity contribution in [3.63, 3.8) is 0 Å². The van der Waals surface area contributed by atoms with E-state index in [-0.39, 0.29) is 5.92 Å². The highest BCUT2D eigenvalue weighted by Crippen LogP contribution is 2.47. The van der Waals surface area contributed by atoms with Crippen LogP contribution in [-0.2, 0) is 0 Å². The van der Waals surface area contributed by atoms with E-state index in [1.807, 2.05) is 0 Å². The molecule has 0 radical (unpaired) electrons. The monoisotopic (exact) mass is 207 g/mol. The van der Waals surface area contributed by atoms with Crippen LogP contribution < -0.4 is 0 Å². The number of fused-ring (bicyclic) bond motifs is 1. The highest BCUT2D eigenvalue weighted by molar-refractivity contribution is 5.84. The molecule has 0 bridgehead atoms. The van der Waals surface area contributed by atoms with Crippen molar-refractivity contribution in [2.45, 2.75) is 19.3 Å². The minimum Gasteiger partial charge on any atom is -0.198 e. The Morgan fingerprint density at radius 3 is 2.62 bits per heavy atom. The van der Waals surface area contributed by atoms with Crippen molar-refractivity contribution < 1.29 is 0 Å². The summed E-state index contributed by atoms with van der Waals surface area (Å²) in [5, 5.41) is 11.4. The zero-order valence-corrected chi connectivity index (χ0v) is 9.27. The van der Waals surface area contributed by atoms with Crippen LogP contribution in [0.2, 0.25) is 0 Å². The van der Waals surface area contributed by atoms with E-state index in [0.717, 1.165) is 6.42 Å². The number of aryl methyl sites for hydroxylation is 1. The number of nitriles is 1. The molecule has 0 aliphatic heterocycles. The quantitative estimate of drug-likeness (QED) is 0.698. The van der Waals surface area contributed by atoms with Crippen LogP contribution in [0.1, 0.15) is 23.5 Å². The number of nitrogens with zero attached hydrogens (tertiary/aromatic N) is 1. The fraction of sp³-hybridized carbons (Fsp3) is 0.267. The molecule has 0 heterocycles. The average molecular weight is 207 g/mol. The van der Waals surface area contributed by atoms with E-state index in [1.54, 1.807) is 0 Å². The Hall–Kier alpha value is -1.81. The second-order valence-electron chi connectivity index (χ2n) is 4.69. The van der Waals surface area contributed by atoms with Gasteiger partial charge in [0.05, 0.1) is 12.0 Å². The van der Waals surface area contributed by atoms with Crippen molar-refractivity contribution >= 4 is 10.8 Å².